The van der Waals surface area contributed by atoms with Crippen molar-refractivity contribution in [3.63, 3.8) is 0 Å². The van der Waals surface area contributed by atoms with Crippen LogP contribution in [0.3, 0.4) is 0 Å². The summed E-state index contributed by atoms with van der Waals surface area (Å²) in [4.78, 5) is 14.2. The Labute approximate surface area is 143 Å². The molecule has 2 aromatic rings. The molecule has 132 valence electrons. The fraction of sp³-hybridized carbons (Fsp3) is 0.278. The zero-order valence-electron chi connectivity index (χ0n) is 13.4. The molecule has 0 saturated carbocycles. The van der Waals surface area contributed by atoms with Gasteiger partial charge in [0.25, 0.3) is 0 Å². The summed E-state index contributed by atoms with van der Waals surface area (Å²) in [6, 6.07) is 14.0. The second-order valence-electron chi connectivity index (χ2n) is 5.91. The average Bonchev–Trinajstić information content (AvgIpc) is 3.03. The number of nitrogens with one attached hydrogen (secondary N) is 2. The Morgan fingerprint density at radius 1 is 1.04 bits per heavy atom. The van der Waals surface area contributed by atoms with Crippen LogP contribution < -0.4 is 15.5 Å². The fourth-order valence-electron chi connectivity index (χ4n) is 2.93. The smallest absolute Gasteiger partial charge is 0.369 e. The third-order valence-electron chi connectivity index (χ3n) is 4.13. The third-order valence-corrected chi connectivity index (χ3v) is 4.13. The number of carbonyl (C=O) groups excluding carboxylic acids is 1. The topological polar surface area (TPSA) is 44.4 Å². The van der Waals surface area contributed by atoms with E-state index in [2.05, 4.69) is 15.5 Å². The molecule has 4 nitrogen and oxygen atoms in total. The molecular formula is C18H18F3N3O. The summed E-state index contributed by atoms with van der Waals surface area (Å²) in [6.45, 7) is 1.41. The minimum absolute atomic E-state index is 0.113. The molecule has 0 spiro atoms. The van der Waals surface area contributed by atoms with Gasteiger partial charge in [-0.3, -0.25) is 0 Å². The number of nitrogens with zero attached hydrogens (tertiary/aromatic N) is 1. The molecule has 0 aliphatic carbocycles. The van der Waals surface area contributed by atoms with Gasteiger partial charge in [0.15, 0.2) is 0 Å². The Morgan fingerprint density at radius 2 is 1.72 bits per heavy atom. The molecule has 25 heavy (non-hydrogen) atoms. The lowest BCUT2D eigenvalue weighted by atomic mass is 10.1. The van der Waals surface area contributed by atoms with Gasteiger partial charge in [-0.1, -0.05) is 30.3 Å². The van der Waals surface area contributed by atoms with E-state index in [1.54, 1.807) is 0 Å². The van der Waals surface area contributed by atoms with Crippen LogP contribution in [0.4, 0.5) is 29.3 Å². The van der Waals surface area contributed by atoms with Crippen molar-refractivity contribution in [2.24, 2.45) is 0 Å². The molecule has 2 aromatic carbocycles. The molecule has 0 bridgehead atoms. The maximum Gasteiger partial charge on any atom is 0.418 e. The standard InChI is InChI=1S/C18H18F3N3O/c19-18(20,21)15-8-4-5-9-16(15)23-17(25)22-13-10-11-24(12-13)14-6-2-1-3-7-14/h1-9,13H,10-12H2,(H2,22,23,25). The van der Waals surface area contributed by atoms with Crippen molar-refractivity contribution < 1.29 is 18.0 Å². The number of urea groups is 1. The lowest BCUT2D eigenvalue weighted by molar-refractivity contribution is -0.136. The molecule has 2 amide bonds. The predicted molar refractivity (Wildman–Crippen MR) is 90.7 cm³/mol. The minimum atomic E-state index is -4.51. The van der Waals surface area contributed by atoms with Crippen LogP contribution >= 0.6 is 0 Å². The number of alkyl halides is 3. The number of hydrogen-bond donors (Lipinski definition) is 2. The number of amides is 2. The molecule has 1 atom stereocenters. The van der Waals surface area contributed by atoms with E-state index in [0.717, 1.165) is 24.7 Å². The molecule has 7 heteroatoms. The Kier molecular flexibility index (Phi) is 4.83. The van der Waals surface area contributed by atoms with Gasteiger partial charge in [-0.2, -0.15) is 13.2 Å². The first-order valence-electron chi connectivity index (χ1n) is 7.97. The van der Waals surface area contributed by atoms with Crippen molar-refractivity contribution in [1.29, 1.82) is 0 Å². The molecule has 1 heterocycles. The van der Waals surface area contributed by atoms with E-state index in [9.17, 15) is 18.0 Å². The van der Waals surface area contributed by atoms with Gasteiger partial charge in [0.1, 0.15) is 0 Å². The number of rotatable bonds is 3. The summed E-state index contributed by atoms with van der Waals surface area (Å²) in [5, 5.41) is 5.06. The van der Waals surface area contributed by atoms with E-state index in [1.165, 1.54) is 18.2 Å². The van der Waals surface area contributed by atoms with Gasteiger partial charge in [-0.05, 0) is 30.7 Å². The maximum absolute atomic E-state index is 13.0. The van der Waals surface area contributed by atoms with Crippen LogP contribution in [-0.2, 0) is 6.18 Å². The van der Waals surface area contributed by atoms with Crippen molar-refractivity contribution >= 4 is 17.4 Å². The van der Waals surface area contributed by atoms with Crippen molar-refractivity contribution in [2.75, 3.05) is 23.3 Å². The number of anilines is 2. The normalized spacial score (nSPS) is 17.4. The minimum Gasteiger partial charge on any atom is -0.369 e. The summed E-state index contributed by atoms with van der Waals surface area (Å²) in [5.41, 5.74) is -0.0393. The first kappa shape index (κ1) is 17.1. The van der Waals surface area contributed by atoms with Gasteiger partial charge in [-0.25, -0.2) is 4.79 Å². The Balaban J connectivity index is 1.59. The highest BCUT2D eigenvalue weighted by Crippen LogP contribution is 2.34. The second kappa shape index (κ2) is 7.04. The van der Waals surface area contributed by atoms with Crippen LogP contribution in [0, 0.1) is 0 Å². The van der Waals surface area contributed by atoms with Gasteiger partial charge in [0.05, 0.1) is 11.3 Å². The molecule has 1 saturated heterocycles. The van der Waals surface area contributed by atoms with E-state index in [4.69, 9.17) is 0 Å². The summed E-state index contributed by atoms with van der Waals surface area (Å²) in [5.74, 6) is 0. The highest BCUT2D eigenvalue weighted by molar-refractivity contribution is 5.90. The van der Waals surface area contributed by atoms with Crippen LogP contribution in [0.2, 0.25) is 0 Å². The molecule has 1 aliphatic heterocycles. The zero-order valence-corrected chi connectivity index (χ0v) is 13.4. The molecule has 0 aromatic heterocycles. The van der Waals surface area contributed by atoms with E-state index in [-0.39, 0.29) is 11.7 Å². The van der Waals surface area contributed by atoms with Gasteiger partial charge in [-0.15, -0.1) is 0 Å². The van der Waals surface area contributed by atoms with Crippen molar-refractivity contribution in [3.8, 4) is 0 Å². The number of para-hydroxylation sites is 2. The van der Waals surface area contributed by atoms with Crippen LogP contribution in [-0.4, -0.2) is 25.2 Å². The highest BCUT2D eigenvalue weighted by Gasteiger charge is 2.33. The van der Waals surface area contributed by atoms with Gasteiger partial charge in [0.2, 0.25) is 0 Å². The number of carbonyl (C=O) groups is 1. The molecule has 2 N–H and O–H groups in total. The third kappa shape index (κ3) is 4.23. The zero-order chi connectivity index (χ0) is 17.9. The van der Waals surface area contributed by atoms with Crippen molar-refractivity contribution in [3.05, 3.63) is 60.2 Å². The van der Waals surface area contributed by atoms with Gasteiger partial charge < -0.3 is 15.5 Å². The lowest BCUT2D eigenvalue weighted by Crippen LogP contribution is -2.40. The maximum atomic E-state index is 13.0. The average molecular weight is 349 g/mol. The summed E-state index contributed by atoms with van der Waals surface area (Å²) >= 11 is 0. The van der Waals surface area contributed by atoms with E-state index in [1.807, 2.05) is 30.3 Å². The Morgan fingerprint density at radius 3 is 2.44 bits per heavy atom. The second-order valence-corrected chi connectivity index (χ2v) is 5.91. The molecule has 0 radical (unpaired) electrons. The molecule has 1 unspecified atom stereocenters. The van der Waals surface area contributed by atoms with E-state index >= 15 is 0 Å². The van der Waals surface area contributed by atoms with E-state index in [0.29, 0.717) is 6.54 Å². The number of hydrogen-bond acceptors (Lipinski definition) is 2. The summed E-state index contributed by atoms with van der Waals surface area (Å²) in [7, 11) is 0. The van der Waals surface area contributed by atoms with Crippen molar-refractivity contribution in [2.45, 2.75) is 18.6 Å². The number of halogens is 3. The predicted octanol–water partition coefficient (Wildman–Crippen LogP) is 4.11. The quantitative estimate of drug-likeness (QED) is 0.876. The monoisotopic (exact) mass is 349 g/mol. The molecular weight excluding hydrogens is 331 g/mol. The van der Waals surface area contributed by atoms with Crippen LogP contribution in [0.1, 0.15) is 12.0 Å². The largest absolute Gasteiger partial charge is 0.418 e. The van der Waals surface area contributed by atoms with Gasteiger partial charge >= 0.3 is 12.2 Å². The highest BCUT2D eigenvalue weighted by atomic mass is 19.4. The first-order valence-corrected chi connectivity index (χ1v) is 7.97. The summed E-state index contributed by atoms with van der Waals surface area (Å²) < 4.78 is 38.9. The molecule has 1 fully saturated rings. The fourth-order valence-corrected chi connectivity index (χ4v) is 2.93. The number of benzene rings is 2. The molecule has 3 rings (SSSR count). The SMILES string of the molecule is O=C(Nc1ccccc1C(F)(F)F)NC1CCN(c2ccccc2)C1. The lowest BCUT2D eigenvalue weighted by Gasteiger charge is -2.19. The Bertz CT molecular complexity index is 734. The van der Waals surface area contributed by atoms with Gasteiger partial charge in [0, 0.05) is 24.8 Å². The first-order chi connectivity index (χ1) is 11.9. The van der Waals surface area contributed by atoms with Crippen LogP contribution in [0.15, 0.2) is 54.6 Å². The Hall–Kier alpha value is -2.70. The van der Waals surface area contributed by atoms with Crippen LogP contribution in [0.5, 0.6) is 0 Å². The molecule has 1 aliphatic rings. The summed E-state index contributed by atoms with van der Waals surface area (Å²) in [6.07, 6.45) is -3.77. The van der Waals surface area contributed by atoms with Crippen molar-refractivity contribution in [1.82, 2.24) is 5.32 Å². The van der Waals surface area contributed by atoms with Crippen LogP contribution in [0.25, 0.3) is 0 Å². The van der Waals surface area contributed by atoms with E-state index < -0.39 is 17.8 Å².